The maximum absolute atomic E-state index is 13.0. The molecule has 4 aromatic rings. The van der Waals surface area contributed by atoms with Crippen molar-refractivity contribution in [3.05, 3.63) is 130 Å². The number of nitrogens with zero attached hydrogens (tertiary/aromatic N) is 2. The number of hydrogen-bond acceptors (Lipinski definition) is 4. The molecule has 0 spiro atoms. The normalized spacial score (nSPS) is 10.7. The first-order valence-corrected chi connectivity index (χ1v) is 10.4. The van der Waals surface area contributed by atoms with Crippen molar-refractivity contribution in [2.24, 2.45) is 0 Å². The molecule has 0 unspecified atom stereocenters. The van der Waals surface area contributed by atoms with Crippen LogP contribution >= 0.6 is 0 Å². The van der Waals surface area contributed by atoms with Gasteiger partial charge in [0.1, 0.15) is 18.1 Å². The van der Waals surface area contributed by atoms with E-state index in [9.17, 15) is 9.59 Å². The van der Waals surface area contributed by atoms with Gasteiger partial charge in [-0.25, -0.2) is 4.68 Å². The van der Waals surface area contributed by atoms with Crippen LogP contribution in [0.4, 0.5) is 0 Å². The van der Waals surface area contributed by atoms with Crippen LogP contribution in [0.5, 0.6) is 5.75 Å². The zero-order valence-corrected chi connectivity index (χ0v) is 17.4. The maximum Gasteiger partial charge on any atom is 0.272 e. The molecule has 1 amide bonds. The van der Waals surface area contributed by atoms with Crippen LogP contribution in [-0.4, -0.2) is 22.3 Å². The molecular formula is C26H23N3O3. The molecule has 6 heteroatoms. The number of nitrogens with one attached hydrogen (secondary N) is 1. The Bertz CT molecular complexity index is 1170. The molecule has 0 saturated heterocycles. The van der Waals surface area contributed by atoms with Gasteiger partial charge in [0.15, 0.2) is 0 Å². The lowest BCUT2D eigenvalue weighted by Gasteiger charge is -2.20. The minimum absolute atomic E-state index is 0.168. The van der Waals surface area contributed by atoms with E-state index < -0.39 is 0 Å². The van der Waals surface area contributed by atoms with Crippen LogP contribution in [0.2, 0.25) is 0 Å². The van der Waals surface area contributed by atoms with Crippen molar-refractivity contribution in [1.82, 2.24) is 15.1 Å². The molecular weight excluding hydrogens is 402 g/mol. The first-order chi connectivity index (χ1) is 15.7. The van der Waals surface area contributed by atoms with E-state index in [-0.39, 0.29) is 36.4 Å². The number of hydrogen-bond donors (Lipinski definition) is 1. The van der Waals surface area contributed by atoms with E-state index in [0.717, 1.165) is 11.1 Å². The first-order valence-electron chi connectivity index (χ1n) is 10.4. The molecule has 0 aliphatic rings. The van der Waals surface area contributed by atoms with Crippen molar-refractivity contribution in [1.29, 1.82) is 0 Å². The predicted molar refractivity (Wildman–Crippen MR) is 123 cm³/mol. The van der Waals surface area contributed by atoms with Crippen molar-refractivity contribution < 1.29 is 9.53 Å². The quantitative estimate of drug-likeness (QED) is 0.466. The molecule has 4 rings (SSSR count). The zero-order valence-electron chi connectivity index (χ0n) is 17.4. The molecule has 1 heterocycles. The summed E-state index contributed by atoms with van der Waals surface area (Å²) in [5.74, 6) is 0.350. The second-order valence-electron chi connectivity index (χ2n) is 7.17. The minimum Gasteiger partial charge on any atom is -0.492 e. The van der Waals surface area contributed by atoms with E-state index in [1.165, 1.54) is 16.8 Å². The van der Waals surface area contributed by atoms with Crippen molar-refractivity contribution in [2.75, 3.05) is 6.61 Å². The molecule has 3 aromatic carbocycles. The summed E-state index contributed by atoms with van der Waals surface area (Å²) in [5, 5.41) is 7.30. The highest BCUT2D eigenvalue weighted by Crippen LogP contribution is 2.22. The summed E-state index contributed by atoms with van der Waals surface area (Å²) < 4.78 is 6.89. The van der Waals surface area contributed by atoms with Gasteiger partial charge in [0.2, 0.25) is 0 Å². The average Bonchev–Trinajstić information content (AvgIpc) is 2.85. The highest BCUT2D eigenvalue weighted by atomic mass is 16.5. The lowest BCUT2D eigenvalue weighted by Crippen LogP contribution is -2.33. The van der Waals surface area contributed by atoms with E-state index in [4.69, 9.17) is 4.74 Å². The second-order valence-corrected chi connectivity index (χ2v) is 7.17. The second kappa shape index (κ2) is 10.2. The van der Waals surface area contributed by atoms with Gasteiger partial charge in [-0.05, 0) is 29.3 Å². The fourth-order valence-electron chi connectivity index (χ4n) is 3.35. The lowest BCUT2D eigenvalue weighted by atomic mass is 9.98. The summed E-state index contributed by atoms with van der Waals surface area (Å²) in [7, 11) is 0. The molecule has 6 nitrogen and oxygen atoms in total. The molecule has 160 valence electrons. The van der Waals surface area contributed by atoms with Crippen molar-refractivity contribution in [3.63, 3.8) is 0 Å². The van der Waals surface area contributed by atoms with Gasteiger partial charge in [-0.1, -0.05) is 78.9 Å². The molecule has 0 aliphatic carbocycles. The molecule has 0 aliphatic heterocycles. The summed E-state index contributed by atoms with van der Waals surface area (Å²) in [6, 6.07) is 31.3. The van der Waals surface area contributed by atoms with E-state index >= 15 is 0 Å². The van der Waals surface area contributed by atoms with Crippen molar-refractivity contribution in [3.8, 4) is 5.75 Å². The fourth-order valence-corrected chi connectivity index (χ4v) is 3.35. The zero-order chi connectivity index (χ0) is 22.2. The van der Waals surface area contributed by atoms with Crippen LogP contribution in [0.1, 0.15) is 27.7 Å². The first kappa shape index (κ1) is 21.1. The molecule has 0 fully saturated rings. The number of carbonyl (C=O) groups excluding carboxylic acids is 1. The lowest BCUT2D eigenvalue weighted by molar-refractivity contribution is 0.0935. The highest BCUT2D eigenvalue weighted by molar-refractivity contribution is 5.92. The third-order valence-electron chi connectivity index (χ3n) is 4.96. The van der Waals surface area contributed by atoms with Crippen molar-refractivity contribution in [2.45, 2.75) is 12.6 Å². The van der Waals surface area contributed by atoms with Crippen LogP contribution < -0.4 is 15.6 Å². The standard InChI is InChI=1S/C26H23N3O3/c30-24-17-16-23(28-29(24)18-19-32-22-14-8-3-9-15-22)26(31)27-25(20-10-4-1-5-11-20)21-12-6-2-7-13-21/h1-17,25H,18-19H2,(H,27,31). The highest BCUT2D eigenvalue weighted by Gasteiger charge is 2.19. The molecule has 1 aromatic heterocycles. The van der Waals surface area contributed by atoms with Gasteiger partial charge in [-0.2, -0.15) is 5.10 Å². The van der Waals surface area contributed by atoms with Gasteiger partial charge < -0.3 is 10.1 Å². The monoisotopic (exact) mass is 425 g/mol. The molecule has 0 radical (unpaired) electrons. The van der Waals surface area contributed by atoms with Crippen molar-refractivity contribution >= 4 is 5.91 Å². The number of benzene rings is 3. The van der Waals surface area contributed by atoms with Gasteiger partial charge in [0, 0.05) is 6.07 Å². The summed E-state index contributed by atoms with van der Waals surface area (Å²) in [6.07, 6.45) is 0. The summed E-state index contributed by atoms with van der Waals surface area (Å²) in [4.78, 5) is 25.3. The Hall–Kier alpha value is -4.19. The third-order valence-corrected chi connectivity index (χ3v) is 4.96. The van der Waals surface area contributed by atoms with Gasteiger partial charge in [-0.15, -0.1) is 0 Å². The van der Waals surface area contributed by atoms with Crippen LogP contribution in [0, 0.1) is 0 Å². The topological polar surface area (TPSA) is 73.2 Å². The summed E-state index contributed by atoms with van der Waals surface area (Å²) in [6.45, 7) is 0.494. The van der Waals surface area contributed by atoms with E-state index in [1.54, 1.807) is 0 Å². The molecule has 0 saturated carbocycles. The predicted octanol–water partition coefficient (Wildman–Crippen LogP) is 3.84. The molecule has 0 atom stereocenters. The maximum atomic E-state index is 13.0. The number of aromatic nitrogens is 2. The summed E-state index contributed by atoms with van der Waals surface area (Å²) in [5.41, 5.74) is 1.79. The van der Waals surface area contributed by atoms with Crippen LogP contribution in [0.15, 0.2) is 108 Å². The van der Waals surface area contributed by atoms with Crippen LogP contribution in [-0.2, 0) is 6.54 Å². The fraction of sp³-hybridized carbons (Fsp3) is 0.115. The van der Waals surface area contributed by atoms with E-state index in [0.29, 0.717) is 5.75 Å². The molecule has 1 N–H and O–H groups in total. The molecule has 32 heavy (non-hydrogen) atoms. The number of rotatable bonds is 8. The Morgan fingerprint density at radius 2 is 1.38 bits per heavy atom. The average molecular weight is 425 g/mol. The number of para-hydroxylation sites is 1. The Kier molecular flexibility index (Phi) is 6.72. The Morgan fingerprint density at radius 3 is 1.97 bits per heavy atom. The van der Waals surface area contributed by atoms with E-state index in [2.05, 4.69) is 10.4 Å². The summed E-state index contributed by atoms with van der Waals surface area (Å²) >= 11 is 0. The van der Waals surface area contributed by atoms with Gasteiger partial charge in [-0.3, -0.25) is 9.59 Å². The van der Waals surface area contributed by atoms with Gasteiger partial charge in [0.05, 0.1) is 12.6 Å². The Morgan fingerprint density at radius 1 is 0.812 bits per heavy atom. The Balaban J connectivity index is 1.50. The number of ether oxygens (including phenoxy) is 1. The van der Waals surface area contributed by atoms with Gasteiger partial charge in [0.25, 0.3) is 11.5 Å². The van der Waals surface area contributed by atoms with Gasteiger partial charge >= 0.3 is 0 Å². The van der Waals surface area contributed by atoms with E-state index in [1.807, 2.05) is 91.0 Å². The third kappa shape index (κ3) is 5.29. The minimum atomic E-state index is -0.361. The number of carbonyl (C=O) groups is 1. The molecule has 0 bridgehead atoms. The largest absolute Gasteiger partial charge is 0.492 e. The number of amides is 1. The van der Waals surface area contributed by atoms with Crippen LogP contribution in [0.25, 0.3) is 0 Å². The SMILES string of the molecule is O=C(NC(c1ccccc1)c1ccccc1)c1ccc(=O)n(CCOc2ccccc2)n1. The smallest absolute Gasteiger partial charge is 0.272 e. The Labute approximate surface area is 186 Å². The van der Waals surface area contributed by atoms with Crippen LogP contribution in [0.3, 0.4) is 0 Å².